The molecule has 5 nitrogen and oxygen atoms in total. The van der Waals surface area contributed by atoms with Crippen LogP contribution in [0.15, 0.2) is 24.3 Å². The van der Waals surface area contributed by atoms with Crippen LogP contribution in [0.2, 0.25) is 0 Å². The minimum absolute atomic E-state index is 0.0990. The molecule has 1 aliphatic heterocycles. The number of amides is 1. The summed E-state index contributed by atoms with van der Waals surface area (Å²) < 4.78 is 2.08. The SMILES string of the molecule is Cc1nn(CC(C)C)c(C)c1CCC(=O)NCc1ccc(CN2CCC(C)CC2)cc1. The Morgan fingerprint density at radius 2 is 1.77 bits per heavy atom. The molecule has 1 aliphatic rings. The zero-order valence-corrected chi connectivity index (χ0v) is 20.1. The van der Waals surface area contributed by atoms with Crippen molar-refractivity contribution in [1.29, 1.82) is 0 Å². The van der Waals surface area contributed by atoms with Gasteiger partial charge in [0.15, 0.2) is 0 Å². The molecule has 0 unspecified atom stereocenters. The standard InChI is InChI=1S/C26H40N4O/c1-19(2)17-30-22(5)25(21(4)28-30)10-11-26(31)27-16-23-6-8-24(9-7-23)18-29-14-12-20(3)13-15-29/h6-9,19-20H,10-18H2,1-5H3,(H,27,31). The molecule has 1 fully saturated rings. The van der Waals surface area contributed by atoms with Crippen LogP contribution in [0.3, 0.4) is 0 Å². The van der Waals surface area contributed by atoms with Gasteiger partial charge in [-0.1, -0.05) is 45.0 Å². The van der Waals surface area contributed by atoms with Gasteiger partial charge in [-0.2, -0.15) is 5.10 Å². The average molecular weight is 425 g/mol. The first kappa shape index (κ1) is 23.5. The monoisotopic (exact) mass is 424 g/mol. The number of nitrogens with zero attached hydrogens (tertiary/aromatic N) is 3. The third kappa shape index (κ3) is 6.93. The van der Waals surface area contributed by atoms with Gasteiger partial charge in [0.2, 0.25) is 5.91 Å². The van der Waals surface area contributed by atoms with Crippen molar-refractivity contribution in [1.82, 2.24) is 20.0 Å². The van der Waals surface area contributed by atoms with Crippen molar-refractivity contribution in [2.75, 3.05) is 13.1 Å². The van der Waals surface area contributed by atoms with Crippen molar-refractivity contribution in [3.63, 3.8) is 0 Å². The van der Waals surface area contributed by atoms with E-state index >= 15 is 0 Å². The van der Waals surface area contributed by atoms with Crippen LogP contribution >= 0.6 is 0 Å². The molecule has 0 bridgehead atoms. The van der Waals surface area contributed by atoms with E-state index in [0.29, 0.717) is 18.9 Å². The van der Waals surface area contributed by atoms with Crippen LogP contribution in [-0.4, -0.2) is 33.7 Å². The van der Waals surface area contributed by atoms with Crippen molar-refractivity contribution < 1.29 is 4.79 Å². The van der Waals surface area contributed by atoms with Crippen LogP contribution < -0.4 is 5.32 Å². The highest BCUT2D eigenvalue weighted by Crippen LogP contribution is 2.19. The number of aryl methyl sites for hydroxylation is 1. The molecular weight excluding hydrogens is 384 g/mol. The van der Waals surface area contributed by atoms with Gasteiger partial charge in [0.1, 0.15) is 0 Å². The maximum Gasteiger partial charge on any atom is 0.220 e. The highest BCUT2D eigenvalue weighted by molar-refractivity contribution is 5.76. The van der Waals surface area contributed by atoms with Gasteiger partial charge in [-0.3, -0.25) is 14.4 Å². The third-order valence-electron chi connectivity index (χ3n) is 6.47. The Morgan fingerprint density at radius 1 is 1.13 bits per heavy atom. The Balaban J connectivity index is 1.43. The molecule has 0 spiro atoms. The number of hydrogen-bond acceptors (Lipinski definition) is 3. The first-order chi connectivity index (χ1) is 14.8. The molecule has 170 valence electrons. The van der Waals surface area contributed by atoms with Crippen LogP contribution in [0.5, 0.6) is 0 Å². The van der Waals surface area contributed by atoms with E-state index in [-0.39, 0.29) is 5.91 Å². The van der Waals surface area contributed by atoms with Crippen LogP contribution in [0.1, 0.15) is 68.1 Å². The van der Waals surface area contributed by atoms with Gasteiger partial charge in [-0.05, 0) is 74.7 Å². The van der Waals surface area contributed by atoms with Gasteiger partial charge in [0.05, 0.1) is 5.69 Å². The first-order valence-electron chi connectivity index (χ1n) is 11.9. The molecule has 0 saturated carbocycles. The zero-order chi connectivity index (χ0) is 22.4. The van der Waals surface area contributed by atoms with Crippen LogP contribution in [0.25, 0.3) is 0 Å². The normalized spacial score (nSPS) is 15.5. The summed E-state index contributed by atoms with van der Waals surface area (Å²) in [6.07, 6.45) is 3.86. The summed E-state index contributed by atoms with van der Waals surface area (Å²) in [4.78, 5) is 15.0. The smallest absolute Gasteiger partial charge is 0.220 e. The molecule has 1 saturated heterocycles. The van der Waals surface area contributed by atoms with E-state index in [1.54, 1.807) is 0 Å². The van der Waals surface area contributed by atoms with E-state index in [1.807, 2.05) is 6.92 Å². The number of likely N-dealkylation sites (tertiary alicyclic amines) is 1. The highest BCUT2D eigenvalue weighted by Gasteiger charge is 2.16. The van der Waals surface area contributed by atoms with Gasteiger partial charge in [-0.25, -0.2) is 0 Å². The number of carbonyl (C=O) groups excluding carboxylic acids is 1. The molecule has 0 atom stereocenters. The number of rotatable bonds is 9. The molecule has 1 aromatic heterocycles. The molecule has 31 heavy (non-hydrogen) atoms. The van der Waals surface area contributed by atoms with Crippen molar-refractivity contribution in [3.8, 4) is 0 Å². The quantitative estimate of drug-likeness (QED) is 0.638. The Morgan fingerprint density at radius 3 is 2.42 bits per heavy atom. The van der Waals surface area contributed by atoms with E-state index in [0.717, 1.165) is 36.7 Å². The fourth-order valence-corrected chi connectivity index (χ4v) is 4.39. The molecule has 1 amide bonds. The molecule has 5 heteroatoms. The van der Waals surface area contributed by atoms with Crippen molar-refractivity contribution in [2.45, 2.75) is 79.9 Å². The minimum atomic E-state index is 0.0990. The minimum Gasteiger partial charge on any atom is -0.352 e. The van der Waals surface area contributed by atoms with Gasteiger partial charge in [-0.15, -0.1) is 0 Å². The molecule has 1 aromatic carbocycles. The van der Waals surface area contributed by atoms with Gasteiger partial charge in [0, 0.05) is 31.7 Å². The number of carbonyl (C=O) groups is 1. The largest absolute Gasteiger partial charge is 0.352 e. The molecule has 2 aromatic rings. The zero-order valence-electron chi connectivity index (χ0n) is 20.1. The summed E-state index contributed by atoms with van der Waals surface area (Å²) >= 11 is 0. The lowest BCUT2D eigenvalue weighted by Crippen LogP contribution is -2.32. The maximum absolute atomic E-state index is 12.4. The second kappa shape index (κ2) is 10.9. The van der Waals surface area contributed by atoms with Gasteiger partial charge < -0.3 is 5.32 Å². The summed E-state index contributed by atoms with van der Waals surface area (Å²) in [6.45, 7) is 15.9. The lowest BCUT2D eigenvalue weighted by molar-refractivity contribution is -0.121. The van der Waals surface area contributed by atoms with E-state index in [2.05, 4.69) is 72.0 Å². The highest BCUT2D eigenvalue weighted by atomic mass is 16.1. The van der Waals surface area contributed by atoms with E-state index in [4.69, 9.17) is 0 Å². The number of benzene rings is 1. The van der Waals surface area contributed by atoms with Crippen LogP contribution in [-0.2, 0) is 30.8 Å². The second-order valence-corrected chi connectivity index (χ2v) is 9.78. The molecule has 2 heterocycles. The molecular formula is C26H40N4O. The second-order valence-electron chi connectivity index (χ2n) is 9.78. The summed E-state index contributed by atoms with van der Waals surface area (Å²) in [5.41, 5.74) is 5.96. The summed E-state index contributed by atoms with van der Waals surface area (Å²) in [5, 5.41) is 7.73. The Labute approximate surface area is 188 Å². The first-order valence-corrected chi connectivity index (χ1v) is 11.9. The topological polar surface area (TPSA) is 50.2 Å². The number of piperidine rings is 1. The molecule has 1 N–H and O–H groups in total. The Bertz CT molecular complexity index is 845. The van der Waals surface area contributed by atoms with E-state index in [9.17, 15) is 4.79 Å². The van der Waals surface area contributed by atoms with Gasteiger partial charge in [0.25, 0.3) is 0 Å². The number of aromatic nitrogens is 2. The number of nitrogens with one attached hydrogen (secondary N) is 1. The van der Waals surface area contributed by atoms with Crippen molar-refractivity contribution >= 4 is 5.91 Å². The lowest BCUT2D eigenvalue weighted by atomic mass is 9.99. The fraction of sp³-hybridized carbons (Fsp3) is 0.615. The molecule has 0 radical (unpaired) electrons. The Kier molecular flexibility index (Phi) is 8.30. The average Bonchev–Trinajstić information content (AvgIpc) is 2.99. The lowest BCUT2D eigenvalue weighted by Gasteiger charge is -2.30. The summed E-state index contributed by atoms with van der Waals surface area (Å²) in [7, 11) is 0. The van der Waals surface area contributed by atoms with Crippen LogP contribution in [0, 0.1) is 25.7 Å². The van der Waals surface area contributed by atoms with E-state index in [1.165, 1.54) is 42.8 Å². The summed E-state index contributed by atoms with van der Waals surface area (Å²) in [5.74, 6) is 1.53. The van der Waals surface area contributed by atoms with Gasteiger partial charge >= 0.3 is 0 Å². The van der Waals surface area contributed by atoms with Crippen molar-refractivity contribution in [2.24, 2.45) is 11.8 Å². The van der Waals surface area contributed by atoms with Crippen LogP contribution in [0.4, 0.5) is 0 Å². The molecule has 0 aliphatic carbocycles. The summed E-state index contributed by atoms with van der Waals surface area (Å²) in [6, 6.07) is 8.70. The van der Waals surface area contributed by atoms with E-state index < -0.39 is 0 Å². The maximum atomic E-state index is 12.4. The predicted octanol–water partition coefficient (Wildman–Crippen LogP) is 4.64. The third-order valence-corrected chi connectivity index (χ3v) is 6.47. The predicted molar refractivity (Wildman–Crippen MR) is 127 cm³/mol. The number of hydrogen-bond donors (Lipinski definition) is 1. The van der Waals surface area contributed by atoms with Crippen molar-refractivity contribution in [3.05, 3.63) is 52.3 Å². The fourth-order valence-electron chi connectivity index (χ4n) is 4.39. The molecule has 3 rings (SSSR count). The Hall–Kier alpha value is -2.14.